The summed E-state index contributed by atoms with van der Waals surface area (Å²) >= 11 is 3.40. The first-order chi connectivity index (χ1) is 9.47. The average molecular weight is 340 g/mol. The number of likely N-dealkylation sites (N-methyl/N-ethyl adjacent to an activating group) is 1. The minimum atomic E-state index is -0.408. The van der Waals surface area contributed by atoms with E-state index < -0.39 is 6.04 Å². The molecule has 2 rings (SSSR count). The number of benzene rings is 1. The fourth-order valence-corrected chi connectivity index (χ4v) is 2.63. The van der Waals surface area contributed by atoms with Crippen LogP contribution in [0.2, 0.25) is 0 Å². The summed E-state index contributed by atoms with van der Waals surface area (Å²) < 4.78 is 0.969. The third-order valence-electron chi connectivity index (χ3n) is 3.43. The van der Waals surface area contributed by atoms with Gasteiger partial charge >= 0.3 is 6.03 Å². The van der Waals surface area contributed by atoms with Gasteiger partial charge in [0.2, 0.25) is 5.91 Å². The van der Waals surface area contributed by atoms with Gasteiger partial charge in [-0.15, -0.1) is 0 Å². The second kappa shape index (κ2) is 6.26. The monoisotopic (exact) mass is 339 g/mol. The van der Waals surface area contributed by atoms with E-state index in [4.69, 9.17) is 0 Å². The van der Waals surface area contributed by atoms with Crippen molar-refractivity contribution in [1.29, 1.82) is 0 Å². The zero-order valence-corrected chi connectivity index (χ0v) is 13.1. The summed E-state index contributed by atoms with van der Waals surface area (Å²) in [6.07, 6.45) is 0.661. The Balaban J connectivity index is 1.90. The molecule has 0 saturated carbocycles. The maximum atomic E-state index is 11.9. The van der Waals surface area contributed by atoms with E-state index in [1.54, 1.807) is 11.9 Å². The summed E-state index contributed by atoms with van der Waals surface area (Å²) in [5, 5.41) is 5.57. The first kappa shape index (κ1) is 14.8. The highest BCUT2D eigenvalue weighted by Crippen LogP contribution is 2.17. The molecule has 1 saturated heterocycles. The maximum Gasteiger partial charge on any atom is 0.315 e. The molecule has 20 heavy (non-hydrogen) atoms. The van der Waals surface area contributed by atoms with Crippen molar-refractivity contribution in [3.63, 3.8) is 0 Å². The summed E-state index contributed by atoms with van der Waals surface area (Å²) in [4.78, 5) is 25.3. The molecule has 1 aromatic rings. The molecule has 2 atom stereocenters. The molecule has 1 aromatic carbocycles. The average Bonchev–Trinajstić information content (AvgIpc) is 2.70. The molecule has 0 aromatic heterocycles. The Morgan fingerprint density at radius 1 is 1.50 bits per heavy atom. The van der Waals surface area contributed by atoms with E-state index in [2.05, 4.69) is 26.6 Å². The number of rotatable bonds is 3. The fourth-order valence-electron chi connectivity index (χ4n) is 2.21. The van der Waals surface area contributed by atoms with E-state index in [0.717, 1.165) is 10.0 Å². The second-order valence-corrected chi connectivity index (χ2v) is 5.91. The van der Waals surface area contributed by atoms with E-state index in [0.29, 0.717) is 13.0 Å². The van der Waals surface area contributed by atoms with Gasteiger partial charge in [-0.1, -0.05) is 28.1 Å². The fraction of sp³-hybridized carbons (Fsp3) is 0.429. The Morgan fingerprint density at radius 3 is 2.85 bits per heavy atom. The normalized spacial score (nSPS) is 19.9. The van der Waals surface area contributed by atoms with Crippen LogP contribution in [0.15, 0.2) is 28.7 Å². The van der Waals surface area contributed by atoms with Crippen molar-refractivity contribution in [2.75, 3.05) is 13.6 Å². The minimum Gasteiger partial charge on any atom is -0.344 e. The lowest BCUT2D eigenvalue weighted by Crippen LogP contribution is -2.46. The highest BCUT2D eigenvalue weighted by molar-refractivity contribution is 9.10. The third-order valence-corrected chi connectivity index (χ3v) is 3.92. The van der Waals surface area contributed by atoms with E-state index in [-0.39, 0.29) is 18.0 Å². The number of halogens is 1. The number of hydrogen-bond donors (Lipinski definition) is 2. The number of carbonyl (C=O) groups is 2. The molecule has 0 spiro atoms. The topological polar surface area (TPSA) is 61.4 Å². The molecule has 0 radical (unpaired) electrons. The first-order valence-corrected chi connectivity index (χ1v) is 7.34. The van der Waals surface area contributed by atoms with Gasteiger partial charge in [0.1, 0.15) is 6.04 Å². The lowest BCUT2D eigenvalue weighted by Gasteiger charge is -2.17. The molecule has 0 bridgehead atoms. The van der Waals surface area contributed by atoms with E-state index in [9.17, 15) is 9.59 Å². The molecule has 6 heteroatoms. The molecule has 1 aliphatic rings. The maximum absolute atomic E-state index is 11.9. The van der Waals surface area contributed by atoms with E-state index >= 15 is 0 Å². The number of amides is 3. The lowest BCUT2D eigenvalue weighted by atomic mass is 10.1. The standard InChI is InChI=1S/C14H18BrN3O2/c1-9(10-4-3-5-11(15)8-10)16-14(20)17-12-6-7-18(2)13(12)19/h3-5,8-9,12H,6-7H2,1-2H3,(H2,16,17,20)/t9-,12-/m0/s1. The molecule has 0 unspecified atom stereocenters. The van der Waals surface area contributed by atoms with Gasteiger partial charge in [-0.3, -0.25) is 4.79 Å². The van der Waals surface area contributed by atoms with Crippen molar-refractivity contribution >= 4 is 27.9 Å². The molecule has 5 nitrogen and oxygen atoms in total. The van der Waals surface area contributed by atoms with Crippen LogP contribution in [0, 0.1) is 0 Å². The van der Waals surface area contributed by atoms with Crippen molar-refractivity contribution in [2.24, 2.45) is 0 Å². The number of carbonyl (C=O) groups excluding carboxylic acids is 2. The largest absolute Gasteiger partial charge is 0.344 e. The Labute approximate surface area is 126 Å². The van der Waals surface area contributed by atoms with Crippen molar-refractivity contribution in [3.05, 3.63) is 34.3 Å². The van der Waals surface area contributed by atoms with Gasteiger partial charge in [0, 0.05) is 18.1 Å². The van der Waals surface area contributed by atoms with Crippen molar-refractivity contribution in [3.8, 4) is 0 Å². The van der Waals surface area contributed by atoms with Crippen LogP contribution in [-0.4, -0.2) is 36.5 Å². The summed E-state index contributed by atoms with van der Waals surface area (Å²) in [6, 6.07) is 6.92. The SMILES string of the molecule is C[C@H](NC(=O)N[C@H]1CCN(C)C1=O)c1cccc(Br)c1. The van der Waals surface area contributed by atoms with Crippen LogP contribution in [0.4, 0.5) is 4.79 Å². The van der Waals surface area contributed by atoms with Crippen LogP contribution >= 0.6 is 15.9 Å². The minimum absolute atomic E-state index is 0.0322. The zero-order chi connectivity index (χ0) is 14.7. The molecule has 1 aliphatic heterocycles. The van der Waals surface area contributed by atoms with Gasteiger partial charge in [-0.25, -0.2) is 4.79 Å². The Morgan fingerprint density at radius 2 is 2.25 bits per heavy atom. The first-order valence-electron chi connectivity index (χ1n) is 6.55. The van der Waals surface area contributed by atoms with Gasteiger partial charge < -0.3 is 15.5 Å². The highest BCUT2D eigenvalue weighted by Gasteiger charge is 2.30. The van der Waals surface area contributed by atoms with Crippen molar-refractivity contribution in [1.82, 2.24) is 15.5 Å². The lowest BCUT2D eigenvalue weighted by molar-refractivity contribution is -0.128. The molecule has 0 aliphatic carbocycles. The second-order valence-electron chi connectivity index (χ2n) is 5.00. The quantitative estimate of drug-likeness (QED) is 0.885. The van der Waals surface area contributed by atoms with Gasteiger partial charge in [0.25, 0.3) is 0 Å². The van der Waals surface area contributed by atoms with Gasteiger partial charge in [0.05, 0.1) is 6.04 Å². The molecular formula is C14H18BrN3O2. The van der Waals surface area contributed by atoms with Gasteiger partial charge in [-0.2, -0.15) is 0 Å². The van der Waals surface area contributed by atoms with Crippen molar-refractivity contribution < 1.29 is 9.59 Å². The van der Waals surface area contributed by atoms with Crippen LogP contribution in [0.3, 0.4) is 0 Å². The van der Waals surface area contributed by atoms with Crippen LogP contribution in [0.25, 0.3) is 0 Å². The number of urea groups is 1. The van der Waals surface area contributed by atoms with Crippen LogP contribution in [-0.2, 0) is 4.79 Å². The predicted molar refractivity (Wildman–Crippen MR) is 80.3 cm³/mol. The number of hydrogen-bond acceptors (Lipinski definition) is 2. The smallest absolute Gasteiger partial charge is 0.315 e. The molecular weight excluding hydrogens is 322 g/mol. The summed E-state index contributed by atoms with van der Waals surface area (Å²) in [5.74, 6) is -0.0322. The van der Waals surface area contributed by atoms with E-state index in [1.165, 1.54) is 0 Å². The van der Waals surface area contributed by atoms with Crippen LogP contribution < -0.4 is 10.6 Å². The number of nitrogens with one attached hydrogen (secondary N) is 2. The summed E-state index contributed by atoms with van der Waals surface area (Å²) in [7, 11) is 1.74. The molecule has 108 valence electrons. The Bertz CT molecular complexity index is 521. The Kier molecular flexibility index (Phi) is 4.65. The summed E-state index contributed by atoms with van der Waals surface area (Å²) in [5.41, 5.74) is 1.00. The highest BCUT2D eigenvalue weighted by atomic mass is 79.9. The zero-order valence-electron chi connectivity index (χ0n) is 11.5. The Hall–Kier alpha value is -1.56. The molecule has 1 fully saturated rings. The van der Waals surface area contributed by atoms with Gasteiger partial charge in [-0.05, 0) is 31.0 Å². The predicted octanol–water partition coefficient (Wildman–Crippen LogP) is 2.04. The van der Waals surface area contributed by atoms with E-state index in [1.807, 2.05) is 31.2 Å². The van der Waals surface area contributed by atoms with Gasteiger partial charge in [0.15, 0.2) is 0 Å². The van der Waals surface area contributed by atoms with Crippen LogP contribution in [0.1, 0.15) is 24.9 Å². The summed E-state index contributed by atoms with van der Waals surface area (Å²) in [6.45, 7) is 2.59. The molecule has 2 N–H and O–H groups in total. The van der Waals surface area contributed by atoms with Crippen LogP contribution in [0.5, 0.6) is 0 Å². The number of nitrogens with zero attached hydrogens (tertiary/aromatic N) is 1. The molecule has 1 heterocycles. The van der Waals surface area contributed by atoms with Crippen molar-refractivity contribution in [2.45, 2.75) is 25.4 Å². The molecule has 3 amide bonds. The third kappa shape index (κ3) is 3.50. The number of likely N-dealkylation sites (tertiary alicyclic amines) is 1.